The van der Waals surface area contributed by atoms with Crippen LogP contribution in [-0.2, 0) is 14.8 Å². The highest BCUT2D eigenvalue weighted by molar-refractivity contribution is 7.88. The Morgan fingerprint density at radius 3 is 2.52 bits per heavy atom. The SMILES string of the molecule is CS(=O)(=O)N1CCC(C(=O)Nc2ccsc2C(=O)O)CC1. The van der Waals surface area contributed by atoms with Crippen LogP contribution >= 0.6 is 11.3 Å². The number of sulfonamides is 1. The van der Waals surface area contributed by atoms with Gasteiger partial charge in [-0.05, 0) is 24.3 Å². The molecule has 0 spiro atoms. The van der Waals surface area contributed by atoms with E-state index in [0.29, 0.717) is 31.6 Å². The summed E-state index contributed by atoms with van der Waals surface area (Å²) in [6.45, 7) is 0.624. The summed E-state index contributed by atoms with van der Waals surface area (Å²) in [4.78, 5) is 23.2. The van der Waals surface area contributed by atoms with Crippen LogP contribution in [0.1, 0.15) is 22.5 Å². The number of hydrogen-bond donors (Lipinski definition) is 2. The van der Waals surface area contributed by atoms with Gasteiger partial charge in [0.2, 0.25) is 15.9 Å². The Morgan fingerprint density at radius 1 is 1.38 bits per heavy atom. The summed E-state index contributed by atoms with van der Waals surface area (Å²) in [6, 6.07) is 1.55. The van der Waals surface area contributed by atoms with Gasteiger partial charge in [-0.25, -0.2) is 17.5 Å². The summed E-state index contributed by atoms with van der Waals surface area (Å²) in [5.74, 6) is -1.64. The van der Waals surface area contributed by atoms with Gasteiger partial charge in [0.25, 0.3) is 0 Å². The van der Waals surface area contributed by atoms with Crippen molar-refractivity contribution in [3.05, 3.63) is 16.3 Å². The predicted octanol–water partition coefficient (Wildman–Crippen LogP) is 1.06. The number of carbonyl (C=O) groups excluding carboxylic acids is 1. The number of piperidine rings is 1. The first kappa shape index (κ1) is 15.9. The number of anilines is 1. The van der Waals surface area contributed by atoms with E-state index in [2.05, 4.69) is 5.32 Å². The van der Waals surface area contributed by atoms with Crippen molar-refractivity contribution in [3.8, 4) is 0 Å². The Hall–Kier alpha value is -1.45. The fourth-order valence-corrected chi connectivity index (χ4v) is 3.82. The molecule has 1 aliphatic heterocycles. The van der Waals surface area contributed by atoms with Crippen molar-refractivity contribution < 1.29 is 23.1 Å². The molecule has 0 aromatic carbocycles. The summed E-state index contributed by atoms with van der Waals surface area (Å²) >= 11 is 1.05. The lowest BCUT2D eigenvalue weighted by molar-refractivity contribution is -0.120. The zero-order valence-corrected chi connectivity index (χ0v) is 13.0. The lowest BCUT2D eigenvalue weighted by Crippen LogP contribution is -2.40. The summed E-state index contributed by atoms with van der Waals surface area (Å²) in [7, 11) is -3.22. The van der Waals surface area contributed by atoms with Gasteiger partial charge in [-0.1, -0.05) is 0 Å². The molecule has 21 heavy (non-hydrogen) atoms. The van der Waals surface area contributed by atoms with Gasteiger partial charge in [-0.2, -0.15) is 0 Å². The van der Waals surface area contributed by atoms with Crippen LogP contribution in [0, 0.1) is 5.92 Å². The van der Waals surface area contributed by atoms with E-state index >= 15 is 0 Å². The second kappa shape index (κ2) is 6.12. The molecule has 2 rings (SSSR count). The van der Waals surface area contributed by atoms with Crippen LogP contribution < -0.4 is 5.32 Å². The smallest absolute Gasteiger partial charge is 0.348 e. The fraction of sp³-hybridized carbons (Fsp3) is 0.500. The van der Waals surface area contributed by atoms with E-state index in [1.165, 1.54) is 4.31 Å². The van der Waals surface area contributed by atoms with Gasteiger partial charge < -0.3 is 10.4 Å². The van der Waals surface area contributed by atoms with Crippen molar-refractivity contribution in [2.24, 2.45) is 5.92 Å². The van der Waals surface area contributed by atoms with E-state index in [1.807, 2.05) is 0 Å². The van der Waals surface area contributed by atoms with Crippen molar-refractivity contribution in [3.63, 3.8) is 0 Å². The number of aromatic carboxylic acids is 1. The van der Waals surface area contributed by atoms with Gasteiger partial charge in [0.05, 0.1) is 11.9 Å². The number of amides is 1. The highest BCUT2D eigenvalue weighted by Gasteiger charge is 2.29. The molecule has 0 bridgehead atoms. The van der Waals surface area contributed by atoms with Crippen LogP contribution in [0.15, 0.2) is 11.4 Å². The van der Waals surface area contributed by atoms with E-state index in [9.17, 15) is 18.0 Å². The van der Waals surface area contributed by atoms with Crippen molar-refractivity contribution in [1.29, 1.82) is 0 Å². The number of rotatable bonds is 4. The minimum atomic E-state index is -3.22. The third kappa shape index (κ3) is 3.80. The minimum absolute atomic E-state index is 0.0944. The van der Waals surface area contributed by atoms with Crippen molar-refractivity contribution >= 4 is 38.9 Å². The molecule has 1 aliphatic rings. The third-order valence-electron chi connectivity index (χ3n) is 3.41. The highest BCUT2D eigenvalue weighted by atomic mass is 32.2. The summed E-state index contributed by atoms with van der Waals surface area (Å²) in [5, 5.41) is 13.2. The molecule has 1 aromatic heterocycles. The molecule has 9 heteroatoms. The summed E-state index contributed by atoms with van der Waals surface area (Å²) < 4.78 is 24.2. The van der Waals surface area contributed by atoms with E-state index < -0.39 is 16.0 Å². The van der Waals surface area contributed by atoms with Crippen molar-refractivity contribution in [1.82, 2.24) is 4.31 Å². The zero-order chi connectivity index (χ0) is 15.6. The monoisotopic (exact) mass is 332 g/mol. The van der Waals surface area contributed by atoms with Crippen LogP contribution in [0.5, 0.6) is 0 Å². The van der Waals surface area contributed by atoms with Crippen LogP contribution in [-0.4, -0.2) is 49.1 Å². The number of thiophene rings is 1. The molecule has 0 atom stereocenters. The third-order valence-corrected chi connectivity index (χ3v) is 5.62. The zero-order valence-electron chi connectivity index (χ0n) is 11.4. The highest BCUT2D eigenvalue weighted by Crippen LogP contribution is 2.25. The van der Waals surface area contributed by atoms with E-state index in [1.54, 1.807) is 11.4 Å². The second-order valence-electron chi connectivity index (χ2n) is 4.89. The van der Waals surface area contributed by atoms with Gasteiger partial charge in [0.1, 0.15) is 4.88 Å². The molecule has 1 aromatic rings. The van der Waals surface area contributed by atoms with Crippen LogP contribution in [0.25, 0.3) is 0 Å². The molecule has 1 saturated heterocycles. The number of nitrogens with one attached hydrogen (secondary N) is 1. The minimum Gasteiger partial charge on any atom is -0.477 e. The van der Waals surface area contributed by atoms with Crippen molar-refractivity contribution in [2.45, 2.75) is 12.8 Å². The number of carboxylic acid groups (broad SMARTS) is 1. The van der Waals surface area contributed by atoms with Crippen molar-refractivity contribution in [2.75, 3.05) is 24.7 Å². The molecular weight excluding hydrogens is 316 g/mol. The van der Waals surface area contributed by atoms with Gasteiger partial charge >= 0.3 is 5.97 Å². The maximum Gasteiger partial charge on any atom is 0.348 e. The molecule has 7 nitrogen and oxygen atoms in total. The molecule has 0 unspecified atom stereocenters. The Bertz CT molecular complexity index is 644. The summed E-state index contributed by atoms with van der Waals surface area (Å²) in [5.41, 5.74) is 0.294. The average molecular weight is 332 g/mol. The van der Waals surface area contributed by atoms with Crippen LogP contribution in [0.4, 0.5) is 5.69 Å². The first-order valence-electron chi connectivity index (χ1n) is 6.36. The van der Waals surface area contributed by atoms with Gasteiger partial charge in [0.15, 0.2) is 0 Å². The molecule has 2 heterocycles. The maximum atomic E-state index is 12.1. The average Bonchev–Trinajstić information content (AvgIpc) is 2.86. The normalized spacial score (nSPS) is 17.6. The molecule has 1 fully saturated rings. The first-order valence-corrected chi connectivity index (χ1v) is 9.08. The first-order chi connectivity index (χ1) is 9.79. The Labute approximate surface area is 126 Å². The Balaban J connectivity index is 1.97. The van der Waals surface area contributed by atoms with Gasteiger partial charge in [-0.15, -0.1) is 11.3 Å². The number of nitrogens with zero attached hydrogens (tertiary/aromatic N) is 1. The van der Waals surface area contributed by atoms with E-state index in [-0.39, 0.29) is 16.7 Å². The maximum absolute atomic E-state index is 12.1. The van der Waals surface area contributed by atoms with Gasteiger partial charge in [0, 0.05) is 19.0 Å². The molecular formula is C12H16N2O5S2. The molecule has 0 radical (unpaired) electrons. The number of hydrogen-bond acceptors (Lipinski definition) is 5. The molecule has 0 aliphatic carbocycles. The lowest BCUT2D eigenvalue weighted by Gasteiger charge is -2.29. The van der Waals surface area contributed by atoms with E-state index in [4.69, 9.17) is 5.11 Å². The Kier molecular flexibility index (Phi) is 4.64. The number of carbonyl (C=O) groups is 2. The van der Waals surface area contributed by atoms with E-state index in [0.717, 1.165) is 17.6 Å². The Morgan fingerprint density at radius 2 is 2.00 bits per heavy atom. The quantitative estimate of drug-likeness (QED) is 0.858. The lowest BCUT2D eigenvalue weighted by atomic mass is 9.97. The fourth-order valence-electron chi connectivity index (χ4n) is 2.26. The summed E-state index contributed by atoms with van der Waals surface area (Å²) in [6.07, 6.45) is 2.02. The van der Waals surface area contributed by atoms with Crippen LogP contribution in [0.3, 0.4) is 0 Å². The second-order valence-corrected chi connectivity index (χ2v) is 7.79. The molecule has 0 saturated carbocycles. The largest absolute Gasteiger partial charge is 0.477 e. The molecule has 116 valence electrons. The molecule has 2 N–H and O–H groups in total. The molecule has 1 amide bonds. The standard InChI is InChI=1S/C12H16N2O5S2/c1-21(18,19)14-5-2-8(3-6-14)11(15)13-9-4-7-20-10(9)12(16)17/h4,7-8H,2-3,5-6H2,1H3,(H,13,15)(H,16,17). The number of carboxylic acids is 1. The predicted molar refractivity (Wildman–Crippen MR) is 79.0 cm³/mol. The topological polar surface area (TPSA) is 104 Å². The van der Waals surface area contributed by atoms with Gasteiger partial charge in [-0.3, -0.25) is 4.79 Å². The van der Waals surface area contributed by atoms with Crippen LogP contribution in [0.2, 0.25) is 0 Å².